The first kappa shape index (κ1) is 18.8. The molecule has 1 aliphatic heterocycles. The molecule has 0 bridgehead atoms. The number of halogens is 1. The van der Waals surface area contributed by atoms with Crippen LogP contribution in [0.5, 0.6) is 0 Å². The van der Waals surface area contributed by atoms with Gasteiger partial charge < -0.3 is 15.5 Å². The number of hydrogen-bond donors (Lipinski definition) is 2. The molecule has 0 saturated carbocycles. The van der Waals surface area contributed by atoms with Crippen LogP contribution in [-0.2, 0) is 0 Å². The van der Waals surface area contributed by atoms with Crippen LogP contribution in [-0.4, -0.2) is 47.5 Å². The van der Waals surface area contributed by atoms with E-state index in [4.69, 9.17) is 0 Å². The van der Waals surface area contributed by atoms with E-state index in [2.05, 4.69) is 15.6 Å². The Labute approximate surface area is 157 Å². The Bertz CT molecular complexity index is 802. The number of piperidine rings is 1. The number of likely N-dealkylation sites (tertiary alicyclic amines) is 1. The summed E-state index contributed by atoms with van der Waals surface area (Å²) >= 11 is 0. The summed E-state index contributed by atoms with van der Waals surface area (Å²) in [5, 5.41) is 5.80. The highest BCUT2D eigenvalue weighted by atomic mass is 19.1. The molecule has 1 aromatic heterocycles. The first-order chi connectivity index (χ1) is 13.1. The minimum absolute atomic E-state index is 0.0421. The highest BCUT2D eigenvalue weighted by Gasteiger charge is 2.23. The minimum Gasteiger partial charge on any atom is -0.349 e. The number of carbonyl (C=O) groups is 2. The smallest absolute Gasteiger partial charge is 0.317 e. The van der Waals surface area contributed by atoms with Gasteiger partial charge in [0.05, 0.1) is 6.20 Å². The number of aromatic nitrogens is 1. The first-order valence-corrected chi connectivity index (χ1v) is 9.12. The van der Waals surface area contributed by atoms with Crippen molar-refractivity contribution in [3.8, 4) is 11.1 Å². The van der Waals surface area contributed by atoms with Crippen LogP contribution in [0, 0.1) is 5.82 Å². The van der Waals surface area contributed by atoms with Crippen molar-refractivity contribution >= 4 is 11.9 Å². The highest BCUT2D eigenvalue weighted by Crippen LogP contribution is 2.22. The number of hydrogen-bond acceptors (Lipinski definition) is 3. The summed E-state index contributed by atoms with van der Waals surface area (Å²) in [7, 11) is 0. The summed E-state index contributed by atoms with van der Waals surface area (Å²) in [6.07, 6.45) is 4.15. The second-order valence-electron chi connectivity index (χ2n) is 6.50. The van der Waals surface area contributed by atoms with Crippen molar-refractivity contribution in [3.63, 3.8) is 0 Å². The summed E-state index contributed by atoms with van der Waals surface area (Å²) in [6.45, 7) is 3.74. The lowest BCUT2D eigenvalue weighted by Crippen LogP contribution is -2.49. The summed E-state index contributed by atoms with van der Waals surface area (Å²) in [6, 6.07) is 8.42. The van der Waals surface area contributed by atoms with Crippen LogP contribution in [0.25, 0.3) is 11.1 Å². The lowest BCUT2D eigenvalue weighted by molar-refractivity contribution is 0.0918. The molecule has 142 valence electrons. The maximum Gasteiger partial charge on any atom is 0.317 e. The van der Waals surface area contributed by atoms with Gasteiger partial charge in [0.25, 0.3) is 5.91 Å². The third kappa shape index (κ3) is 4.61. The normalized spacial score (nSPS) is 14.7. The van der Waals surface area contributed by atoms with Crippen molar-refractivity contribution in [3.05, 3.63) is 54.1 Å². The Balaban J connectivity index is 1.56. The van der Waals surface area contributed by atoms with Crippen molar-refractivity contribution in [2.45, 2.75) is 25.8 Å². The van der Waals surface area contributed by atoms with Gasteiger partial charge in [0.1, 0.15) is 5.82 Å². The largest absolute Gasteiger partial charge is 0.349 e. The molecule has 3 rings (SSSR count). The van der Waals surface area contributed by atoms with Crippen molar-refractivity contribution in [1.29, 1.82) is 0 Å². The number of carbonyl (C=O) groups excluding carboxylic acids is 2. The predicted molar refractivity (Wildman–Crippen MR) is 101 cm³/mol. The van der Waals surface area contributed by atoms with Gasteiger partial charge in [-0.3, -0.25) is 9.78 Å². The molecule has 1 saturated heterocycles. The van der Waals surface area contributed by atoms with E-state index < -0.39 is 5.82 Å². The molecule has 0 spiro atoms. The summed E-state index contributed by atoms with van der Waals surface area (Å²) in [4.78, 5) is 29.8. The van der Waals surface area contributed by atoms with Gasteiger partial charge in [0, 0.05) is 43.0 Å². The average molecular weight is 370 g/mol. The molecule has 7 heteroatoms. The second-order valence-corrected chi connectivity index (χ2v) is 6.50. The summed E-state index contributed by atoms with van der Waals surface area (Å²) in [5.74, 6) is -0.554. The third-order valence-electron chi connectivity index (χ3n) is 4.68. The second kappa shape index (κ2) is 8.62. The topological polar surface area (TPSA) is 74.3 Å². The molecule has 1 aliphatic rings. The molecule has 0 atom stereocenters. The monoisotopic (exact) mass is 370 g/mol. The van der Waals surface area contributed by atoms with Gasteiger partial charge in [0.2, 0.25) is 0 Å². The van der Waals surface area contributed by atoms with Crippen LogP contribution in [0.1, 0.15) is 30.1 Å². The molecule has 1 fully saturated rings. The Morgan fingerprint density at radius 3 is 2.52 bits per heavy atom. The Hall–Kier alpha value is -2.96. The zero-order chi connectivity index (χ0) is 19.2. The molecule has 0 aliphatic carbocycles. The molecular weight excluding hydrogens is 347 g/mol. The van der Waals surface area contributed by atoms with Crippen LogP contribution >= 0.6 is 0 Å². The van der Waals surface area contributed by atoms with E-state index in [1.807, 2.05) is 6.92 Å². The zero-order valence-electron chi connectivity index (χ0n) is 15.2. The number of nitrogens with one attached hydrogen (secondary N) is 2. The highest BCUT2D eigenvalue weighted by molar-refractivity contribution is 5.94. The third-order valence-corrected chi connectivity index (χ3v) is 4.68. The SMILES string of the molecule is CCNC(=O)N1CCC(NC(=O)c2ccc(-c3ccncc3F)cc2)CC1. The average Bonchev–Trinajstić information content (AvgIpc) is 2.69. The van der Waals surface area contributed by atoms with Gasteiger partial charge in [0.15, 0.2) is 0 Å². The van der Waals surface area contributed by atoms with Crippen LogP contribution in [0.15, 0.2) is 42.7 Å². The summed E-state index contributed by atoms with van der Waals surface area (Å²) in [5.41, 5.74) is 1.68. The maximum atomic E-state index is 13.8. The lowest BCUT2D eigenvalue weighted by Gasteiger charge is -2.32. The van der Waals surface area contributed by atoms with E-state index in [0.29, 0.717) is 36.3 Å². The maximum absolute atomic E-state index is 13.8. The van der Waals surface area contributed by atoms with E-state index >= 15 is 0 Å². The Kier molecular flexibility index (Phi) is 6.01. The van der Waals surface area contributed by atoms with Crippen LogP contribution in [0.3, 0.4) is 0 Å². The quantitative estimate of drug-likeness (QED) is 0.869. The molecule has 2 aromatic rings. The zero-order valence-corrected chi connectivity index (χ0v) is 15.2. The standard InChI is InChI=1S/C20H23FN4O2/c1-2-23-20(27)25-11-8-16(9-12-25)24-19(26)15-5-3-14(4-6-15)17-7-10-22-13-18(17)21/h3-7,10,13,16H,2,8-9,11-12H2,1H3,(H,23,27)(H,24,26). The fourth-order valence-corrected chi connectivity index (χ4v) is 3.17. The number of nitrogens with zero attached hydrogens (tertiary/aromatic N) is 2. The molecule has 2 N–H and O–H groups in total. The number of urea groups is 1. The Morgan fingerprint density at radius 2 is 1.89 bits per heavy atom. The van der Waals surface area contributed by atoms with Crippen LogP contribution in [0.2, 0.25) is 0 Å². The number of pyridine rings is 1. The van der Waals surface area contributed by atoms with E-state index in [-0.39, 0.29) is 18.0 Å². The van der Waals surface area contributed by atoms with E-state index in [0.717, 1.165) is 12.8 Å². The number of benzene rings is 1. The van der Waals surface area contributed by atoms with Crippen molar-refractivity contribution in [2.75, 3.05) is 19.6 Å². The molecule has 0 unspecified atom stereocenters. The number of rotatable bonds is 4. The summed E-state index contributed by atoms with van der Waals surface area (Å²) < 4.78 is 13.8. The van der Waals surface area contributed by atoms with Gasteiger partial charge in [-0.1, -0.05) is 12.1 Å². The van der Waals surface area contributed by atoms with E-state index in [1.165, 1.54) is 12.4 Å². The van der Waals surface area contributed by atoms with Gasteiger partial charge in [-0.2, -0.15) is 0 Å². The van der Waals surface area contributed by atoms with Crippen molar-refractivity contribution in [2.24, 2.45) is 0 Å². The fraction of sp³-hybridized carbons (Fsp3) is 0.350. The molecule has 2 heterocycles. The first-order valence-electron chi connectivity index (χ1n) is 9.12. The fourth-order valence-electron chi connectivity index (χ4n) is 3.17. The number of amides is 3. The Morgan fingerprint density at radius 1 is 1.19 bits per heavy atom. The molecular formula is C20H23FN4O2. The van der Waals surface area contributed by atoms with E-state index in [1.54, 1.807) is 35.2 Å². The predicted octanol–water partition coefficient (Wildman–Crippen LogP) is 2.81. The van der Waals surface area contributed by atoms with Crippen molar-refractivity contribution in [1.82, 2.24) is 20.5 Å². The minimum atomic E-state index is -0.395. The molecule has 3 amide bonds. The van der Waals surface area contributed by atoms with E-state index in [9.17, 15) is 14.0 Å². The van der Waals surface area contributed by atoms with Crippen LogP contribution in [0.4, 0.5) is 9.18 Å². The van der Waals surface area contributed by atoms with Crippen molar-refractivity contribution < 1.29 is 14.0 Å². The molecule has 0 radical (unpaired) electrons. The van der Waals surface area contributed by atoms with Crippen LogP contribution < -0.4 is 10.6 Å². The molecule has 6 nitrogen and oxygen atoms in total. The lowest BCUT2D eigenvalue weighted by atomic mass is 10.0. The van der Waals surface area contributed by atoms with Gasteiger partial charge in [-0.25, -0.2) is 9.18 Å². The molecule has 1 aromatic carbocycles. The molecule has 27 heavy (non-hydrogen) atoms. The van der Waals surface area contributed by atoms with Gasteiger partial charge in [-0.05, 0) is 43.5 Å². The van der Waals surface area contributed by atoms with Gasteiger partial charge in [-0.15, -0.1) is 0 Å². The van der Waals surface area contributed by atoms with Gasteiger partial charge >= 0.3 is 6.03 Å².